The summed E-state index contributed by atoms with van der Waals surface area (Å²) in [5, 5.41) is 11.9. The summed E-state index contributed by atoms with van der Waals surface area (Å²) in [5.74, 6) is 0.229. The Morgan fingerprint density at radius 2 is 1.80 bits per heavy atom. The second-order valence-corrected chi connectivity index (χ2v) is 5.75. The summed E-state index contributed by atoms with van der Waals surface area (Å²) in [4.78, 5) is 0. The minimum atomic E-state index is -4.73. The fourth-order valence-corrected chi connectivity index (χ4v) is 2.85. The number of methoxy groups -OCH3 is 1. The first-order valence-electron chi connectivity index (χ1n) is 7.17. The topological polar surface area (TPSA) is 43.6 Å². The molecule has 0 atom stereocenters. The largest absolute Gasteiger partial charge is 0.573 e. The predicted octanol–water partition coefficient (Wildman–Crippen LogP) is 4.96. The Hall–Kier alpha value is -2.54. The fraction of sp³-hybridized carbons (Fsp3) is 0.176. The van der Waals surface area contributed by atoms with Crippen LogP contribution in [0.1, 0.15) is 5.56 Å². The maximum atomic E-state index is 12.2. The number of aromatic hydroxyl groups is 1. The lowest BCUT2D eigenvalue weighted by atomic mass is 10.2. The first-order valence-corrected chi connectivity index (χ1v) is 7.54. The van der Waals surface area contributed by atoms with Crippen LogP contribution in [-0.2, 0) is 6.54 Å². The maximum absolute atomic E-state index is 12.2. The van der Waals surface area contributed by atoms with Crippen LogP contribution in [0, 0.1) is 0 Å². The van der Waals surface area contributed by atoms with Crippen molar-refractivity contribution in [3.8, 4) is 17.4 Å². The molecule has 0 unspecified atom stereocenters. The Morgan fingerprint density at radius 1 is 1.12 bits per heavy atom. The van der Waals surface area contributed by atoms with Crippen LogP contribution in [0.15, 0.2) is 42.6 Å². The second-order valence-electron chi connectivity index (χ2n) is 5.35. The van der Waals surface area contributed by atoms with Crippen LogP contribution >= 0.6 is 11.6 Å². The van der Waals surface area contributed by atoms with Gasteiger partial charge in [0.05, 0.1) is 24.1 Å². The molecule has 0 aliphatic carbocycles. The van der Waals surface area contributed by atoms with E-state index in [1.807, 2.05) is 0 Å². The van der Waals surface area contributed by atoms with Gasteiger partial charge in [0, 0.05) is 11.6 Å². The molecule has 0 saturated carbocycles. The van der Waals surface area contributed by atoms with E-state index in [-0.39, 0.29) is 18.2 Å². The van der Waals surface area contributed by atoms with Gasteiger partial charge in [-0.15, -0.1) is 13.2 Å². The van der Waals surface area contributed by atoms with Crippen molar-refractivity contribution >= 4 is 22.4 Å². The van der Waals surface area contributed by atoms with E-state index in [0.29, 0.717) is 27.1 Å². The molecule has 0 saturated heterocycles. The van der Waals surface area contributed by atoms with Crippen molar-refractivity contribution in [3.05, 3.63) is 53.2 Å². The summed E-state index contributed by atoms with van der Waals surface area (Å²) >= 11 is 6.17. The van der Waals surface area contributed by atoms with Crippen LogP contribution in [0.2, 0.25) is 5.02 Å². The third-order valence-corrected chi connectivity index (χ3v) is 3.93. The molecular formula is C17H13ClF3NO3. The van der Waals surface area contributed by atoms with E-state index in [1.54, 1.807) is 22.9 Å². The summed E-state index contributed by atoms with van der Waals surface area (Å²) in [5.41, 5.74) is 0.688. The number of fused-ring (bicyclic) bond motifs is 1. The smallest absolute Gasteiger partial charge is 0.497 e. The number of aromatic nitrogens is 1. The van der Waals surface area contributed by atoms with Crippen LogP contribution in [0.3, 0.4) is 0 Å². The third-order valence-electron chi connectivity index (χ3n) is 3.63. The molecule has 0 radical (unpaired) electrons. The normalized spacial score (nSPS) is 11.7. The quantitative estimate of drug-likeness (QED) is 0.705. The van der Waals surface area contributed by atoms with Crippen molar-refractivity contribution in [1.82, 2.24) is 4.57 Å². The van der Waals surface area contributed by atoms with Crippen molar-refractivity contribution in [2.75, 3.05) is 7.11 Å². The van der Waals surface area contributed by atoms with E-state index >= 15 is 0 Å². The van der Waals surface area contributed by atoms with E-state index in [2.05, 4.69) is 4.74 Å². The molecule has 1 N–H and O–H groups in total. The lowest BCUT2D eigenvalue weighted by Crippen LogP contribution is -2.17. The lowest BCUT2D eigenvalue weighted by molar-refractivity contribution is -0.274. The van der Waals surface area contributed by atoms with Gasteiger partial charge in [0.2, 0.25) is 5.88 Å². The standard InChI is InChI=1S/C17H13ClF3NO3/c1-24-13-6-11-9-22(16(23)15(11)14(18)7-13)8-10-2-4-12(5-3-10)25-17(19,20)21/h2-7,9,23H,8H2,1H3. The Balaban J connectivity index is 1.88. The Bertz CT molecular complexity index is 904. The van der Waals surface area contributed by atoms with Crippen LogP contribution in [0.4, 0.5) is 13.2 Å². The Morgan fingerprint density at radius 3 is 2.40 bits per heavy atom. The predicted molar refractivity (Wildman–Crippen MR) is 87.4 cm³/mol. The molecule has 0 fully saturated rings. The van der Waals surface area contributed by atoms with Crippen LogP contribution in [-0.4, -0.2) is 23.1 Å². The average Bonchev–Trinajstić information content (AvgIpc) is 2.84. The number of hydrogen-bond acceptors (Lipinski definition) is 3. The molecular weight excluding hydrogens is 359 g/mol. The monoisotopic (exact) mass is 371 g/mol. The zero-order chi connectivity index (χ0) is 18.2. The van der Waals surface area contributed by atoms with Crippen LogP contribution < -0.4 is 9.47 Å². The number of rotatable bonds is 4. The molecule has 132 valence electrons. The summed E-state index contributed by atoms with van der Waals surface area (Å²) in [6.07, 6.45) is -3.03. The van der Waals surface area contributed by atoms with Crippen molar-refractivity contribution in [2.24, 2.45) is 0 Å². The van der Waals surface area contributed by atoms with E-state index in [4.69, 9.17) is 16.3 Å². The number of alkyl halides is 3. The summed E-state index contributed by atoms with van der Waals surface area (Å²) in [6.45, 7) is 0.255. The summed E-state index contributed by atoms with van der Waals surface area (Å²) in [7, 11) is 1.51. The van der Waals surface area contributed by atoms with Gasteiger partial charge < -0.3 is 19.1 Å². The molecule has 1 aromatic heterocycles. The number of benzene rings is 2. The molecule has 4 nitrogen and oxygen atoms in total. The Labute approximate surface area is 146 Å². The van der Waals surface area contributed by atoms with Crippen molar-refractivity contribution in [2.45, 2.75) is 12.9 Å². The highest BCUT2D eigenvalue weighted by molar-refractivity contribution is 6.36. The first-order chi connectivity index (χ1) is 11.8. The van der Waals surface area contributed by atoms with Crippen molar-refractivity contribution in [1.29, 1.82) is 0 Å². The zero-order valence-electron chi connectivity index (χ0n) is 13.0. The summed E-state index contributed by atoms with van der Waals surface area (Å²) < 4.78 is 47.1. The van der Waals surface area contributed by atoms with Crippen LogP contribution in [0.25, 0.3) is 10.8 Å². The van der Waals surface area contributed by atoms with Gasteiger partial charge in [-0.2, -0.15) is 0 Å². The van der Waals surface area contributed by atoms with Crippen LogP contribution in [0.5, 0.6) is 17.4 Å². The SMILES string of the molecule is COc1cc(Cl)c2c(O)n(Cc3ccc(OC(F)(F)F)cc3)cc2c1. The minimum absolute atomic E-state index is 0.0294. The van der Waals surface area contributed by atoms with Gasteiger partial charge in [-0.25, -0.2) is 0 Å². The molecule has 8 heteroatoms. The second kappa shape index (κ2) is 6.40. The molecule has 0 bridgehead atoms. The van der Waals surface area contributed by atoms with Gasteiger partial charge in [0.15, 0.2) is 0 Å². The molecule has 0 aliphatic heterocycles. The average molecular weight is 372 g/mol. The van der Waals surface area contributed by atoms with Gasteiger partial charge in [-0.3, -0.25) is 0 Å². The molecule has 3 rings (SSSR count). The van der Waals surface area contributed by atoms with Gasteiger partial charge in [-0.1, -0.05) is 23.7 Å². The maximum Gasteiger partial charge on any atom is 0.573 e. The van der Waals surface area contributed by atoms with Gasteiger partial charge in [-0.05, 0) is 29.8 Å². The van der Waals surface area contributed by atoms with E-state index in [9.17, 15) is 18.3 Å². The number of nitrogens with zero attached hydrogens (tertiary/aromatic N) is 1. The highest BCUT2D eigenvalue weighted by atomic mass is 35.5. The highest BCUT2D eigenvalue weighted by Gasteiger charge is 2.30. The number of halogens is 4. The van der Waals surface area contributed by atoms with E-state index in [0.717, 1.165) is 0 Å². The van der Waals surface area contributed by atoms with Crippen molar-refractivity contribution < 1.29 is 27.8 Å². The van der Waals surface area contributed by atoms with E-state index in [1.165, 1.54) is 31.4 Å². The highest BCUT2D eigenvalue weighted by Crippen LogP contribution is 2.37. The minimum Gasteiger partial charge on any atom is -0.497 e. The lowest BCUT2D eigenvalue weighted by Gasteiger charge is -2.10. The molecule has 0 aliphatic rings. The molecule has 25 heavy (non-hydrogen) atoms. The molecule has 3 aromatic rings. The molecule has 1 heterocycles. The first kappa shape index (κ1) is 17.3. The zero-order valence-corrected chi connectivity index (χ0v) is 13.7. The van der Waals surface area contributed by atoms with Gasteiger partial charge in [0.1, 0.15) is 11.5 Å². The Kier molecular flexibility index (Phi) is 4.43. The fourth-order valence-electron chi connectivity index (χ4n) is 2.54. The van der Waals surface area contributed by atoms with Gasteiger partial charge >= 0.3 is 6.36 Å². The van der Waals surface area contributed by atoms with E-state index < -0.39 is 6.36 Å². The third kappa shape index (κ3) is 3.76. The molecule has 2 aromatic carbocycles. The van der Waals surface area contributed by atoms with Gasteiger partial charge in [0.25, 0.3) is 0 Å². The number of hydrogen-bond donors (Lipinski definition) is 1. The molecule has 0 amide bonds. The summed E-state index contributed by atoms with van der Waals surface area (Å²) in [6, 6.07) is 8.76. The number of ether oxygens (including phenoxy) is 2. The molecule has 0 spiro atoms. The van der Waals surface area contributed by atoms with Crippen molar-refractivity contribution in [3.63, 3.8) is 0 Å².